The van der Waals surface area contributed by atoms with E-state index in [2.05, 4.69) is 30.9 Å². The van der Waals surface area contributed by atoms with Crippen LogP contribution in [-0.2, 0) is 0 Å². The molecule has 0 amide bonds. The van der Waals surface area contributed by atoms with Gasteiger partial charge in [0, 0.05) is 5.56 Å². The van der Waals surface area contributed by atoms with Gasteiger partial charge in [0.25, 0.3) is 0 Å². The number of ether oxygens (including phenoxy) is 1. The largest absolute Gasteiger partial charge is 0.496 e. The van der Waals surface area contributed by atoms with Gasteiger partial charge in [-0.1, -0.05) is 6.07 Å². The third kappa shape index (κ3) is 3.08. The first kappa shape index (κ1) is 15.5. The molecule has 1 unspecified atom stereocenters. The predicted molar refractivity (Wildman–Crippen MR) is 78.3 cm³/mol. The Morgan fingerprint density at radius 2 is 1.84 bits per heavy atom. The van der Waals surface area contributed by atoms with E-state index in [9.17, 15) is 5.26 Å². The molecule has 0 radical (unpaired) electrons. The standard InChI is InChI=1S/C16H24N2O/c1-11-8-12(2)14(13(9-11)19-7)15(18(5)6)16(3,4)10-17/h8-9,15H,1-7H3. The highest BCUT2D eigenvalue weighted by atomic mass is 16.5. The zero-order chi connectivity index (χ0) is 14.8. The van der Waals surface area contributed by atoms with E-state index in [0.29, 0.717) is 0 Å². The van der Waals surface area contributed by atoms with Crippen LogP contribution in [0.1, 0.15) is 36.6 Å². The molecule has 0 aliphatic heterocycles. The van der Waals surface area contributed by atoms with Crippen molar-refractivity contribution >= 4 is 0 Å². The van der Waals surface area contributed by atoms with Gasteiger partial charge < -0.3 is 9.64 Å². The van der Waals surface area contributed by atoms with Gasteiger partial charge >= 0.3 is 0 Å². The molecule has 1 aromatic carbocycles. The summed E-state index contributed by atoms with van der Waals surface area (Å²) in [4.78, 5) is 2.09. The number of hydrogen-bond acceptors (Lipinski definition) is 3. The van der Waals surface area contributed by atoms with E-state index < -0.39 is 5.41 Å². The van der Waals surface area contributed by atoms with Gasteiger partial charge in [-0.2, -0.15) is 5.26 Å². The summed E-state index contributed by atoms with van der Waals surface area (Å²) in [5.41, 5.74) is 2.95. The van der Waals surface area contributed by atoms with Crippen molar-refractivity contribution in [1.82, 2.24) is 4.90 Å². The van der Waals surface area contributed by atoms with Crippen LogP contribution in [0, 0.1) is 30.6 Å². The molecule has 0 aliphatic rings. The van der Waals surface area contributed by atoms with Gasteiger partial charge in [-0.25, -0.2) is 0 Å². The Hall–Kier alpha value is -1.53. The first-order chi connectivity index (χ1) is 8.74. The zero-order valence-electron chi connectivity index (χ0n) is 13.0. The third-order valence-corrected chi connectivity index (χ3v) is 3.47. The molecular weight excluding hydrogens is 236 g/mol. The highest BCUT2D eigenvalue weighted by molar-refractivity contribution is 5.46. The number of hydrogen-bond donors (Lipinski definition) is 0. The summed E-state index contributed by atoms with van der Waals surface area (Å²) in [7, 11) is 5.69. The Morgan fingerprint density at radius 3 is 2.26 bits per heavy atom. The first-order valence-corrected chi connectivity index (χ1v) is 6.47. The SMILES string of the molecule is COc1cc(C)cc(C)c1C(N(C)C)C(C)(C)C#N. The zero-order valence-corrected chi connectivity index (χ0v) is 13.0. The molecule has 0 heterocycles. The molecule has 3 heteroatoms. The first-order valence-electron chi connectivity index (χ1n) is 6.47. The number of nitriles is 1. The summed E-state index contributed by atoms with van der Waals surface area (Å²) >= 11 is 0. The molecule has 19 heavy (non-hydrogen) atoms. The maximum Gasteiger partial charge on any atom is 0.124 e. The van der Waals surface area contributed by atoms with Crippen LogP contribution in [0.25, 0.3) is 0 Å². The fourth-order valence-electron chi connectivity index (χ4n) is 2.78. The van der Waals surface area contributed by atoms with Gasteiger partial charge in [-0.3, -0.25) is 0 Å². The van der Waals surface area contributed by atoms with Crippen molar-refractivity contribution in [3.63, 3.8) is 0 Å². The minimum atomic E-state index is -0.489. The van der Waals surface area contributed by atoms with Gasteiger partial charge in [0.15, 0.2) is 0 Å². The Bertz CT molecular complexity index is 498. The highest BCUT2D eigenvalue weighted by Crippen LogP contribution is 2.42. The average Bonchev–Trinajstić information content (AvgIpc) is 2.31. The Labute approximate surface area is 116 Å². The van der Waals surface area contributed by atoms with Crippen LogP contribution in [0.5, 0.6) is 5.75 Å². The van der Waals surface area contributed by atoms with Crippen LogP contribution in [0.4, 0.5) is 0 Å². The van der Waals surface area contributed by atoms with Crippen LogP contribution in [0.2, 0.25) is 0 Å². The number of benzene rings is 1. The molecule has 0 N–H and O–H groups in total. The molecule has 104 valence electrons. The predicted octanol–water partition coefficient (Wildman–Crippen LogP) is 3.46. The highest BCUT2D eigenvalue weighted by Gasteiger charge is 2.35. The maximum atomic E-state index is 9.47. The van der Waals surface area contributed by atoms with Crippen molar-refractivity contribution in [3.8, 4) is 11.8 Å². The van der Waals surface area contributed by atoms with Crippen LogP contribution in [-0.4, -0.2) is 26.1 Å². The molecule has 0 spiro atoms. The van der Waals surface area contributed by atoms with Crippen molar-refractivity contribution < 1.29 is 4.74 Å². The Kier molecular flexibility index (Phi) is 4.60. The summed E-state index contributed by atoms with van der Waals surface area (Å²) < 4.78 is 5.54. The van der Waals surface area contributed by atoms with Gasteiger partial charge in [0.1, 0.15) is 5.75 Å². The molecule has 0 fully saturated rings. The average molecular weight is 260 g/mol. The Balaban J connectivity index is 3.53. The quantitative estimate of drug-likeness (QED) is 0.831. The molecule has 0 aromatic heterocycles. The summed E-state index contributed by atoms with van der Waals surface area (Å²) in [6.07, 6.45) is 0. The van der Waals surface area contributed by atoms with Crippen LogP contribution in [0.3, 0.4) is 0 Å². The molecule has 1 aromatic rings. The van der Waals surface area contributed by atoms with Crippen molar-refractivity contribution in [2.75, 3.05) is 21.2 Å². The van der Waals surface area contributed by atoms with Gasteiger partial charge in [-0.15, -0.1) is 0 Å². The Morgan fingerprint density at radius 1 is 1.26 bits per heavy atom. The minimum absolute atomic E-state index is 0.00644. The van der Waals surface area contributed by atoms with Gasteiger partial charge in [0.2, 0.25) is 0 Å². The number of nitrogens with zero attached hydrogens (tertiary/aromatic N) is 2. The van der Waals surface area contributed by atoms with E-state index in [-0.39, 0.29) is 6.04 Å². The molecule has 0 saturated carbocycles. The molecule has 3 nitrogen and oxygen atoms in total. The minimum Gasteiger partial charge on any atom is -0.496 e. The summed E-state index contributed by atoms with van der Waals surface area (Å²) in [5, 5.41) is 9.47. The van der Waals surface area contributed by atoms with Crippen LogP contribution in [0.15, 0.2) is 12.1 Å². The lowest BCUT2D eigenvalue weighted by atomic mass is 9.79. The van der Waals surface area contributed by atoms with E-state index in [1.54, 1.807) is 7.11 Å². The van der Waals surface area contributed by atoms with Crippen molar-refractivity contribution in [1.29, 1.82) is 5.26 Å². The molecule has 0 bridgehead atoms. The second-order valence-electron chi connectivity index (χ2n) is 5.90. The monoisotopic (exact) mass is 260 g/mol. The van der Waals surface area contributed by atoms with Crippen molar-refractivity contribution in [2.24, 2.45) is 5.41 Å². The normalized spacial score (nSPS) is 13.2. The maximum absolute atomic E-state index is 9.47. The van der Waals surface area contributed by atoms with Gasteiger partial charge in [0.05, 0.1) is 24.6 Å². The summed E-state index contributed by atoms with van der Waals surface area (Å²) in [6.45, 7) is 8.07. The number of methoxy groups -OCH3 is 1. The van der Waals surface area contributed by atoms with E-state index in [0.717, 1.165) is 11.3 Å². The summed E-state index contributed by atoms with van der Waals surface area (Å²) in [5.74, 6) is 0.861. The summed E-state index contributed by atoms with van der Waals surface area (Å²) in [6, 6.07) is 6.59. The van der Waals surface area contributed by atoms with Crippen LogP contribution >= 0.6 is 0 Å². The van der Waals surface area contributed by atoms with Gasteiger partial charge in [-0.05, 0) is 59.0 Å². The number of aryl methyl sites for hydroxylation is 2. The topological polar surface area (TPSA) is 36.3 Å². The van der Waals surface area contributed by atoms with E-state index in [1.165, 1.54) is 11.1 Å². The van der Waals surface area contributed by atoms with E-state index >= 15 is 0 Å². The van der Waals surface area contributed by atoms with E-state index in [4.69, 9.17) is 4.74 Å². The lowest BCUT2D eigenvalue weighted by Gasteiger charge is -2.36. The van der Waals surface area contributed by atoms with E-state index in [1.807, 2.05) is 34.0 Å². The lowest BCUT2D eigenvalue weighted by Crippen LogP contribution is -2.33. The lowest BCUT2D eigenvalue weighted by molar-refractivity contribution is 0.180. The second kappa shape index (κ2) is 5.63. The molecule has 1 rings (SSSR count). The fraction of sp³-hybridized carbons (Fsp3) is 0.562. The molecule has 1 atom stereocenters. The molecule has 0 saturated heterocycles. The van der Waals surface area contributed by atoms with Crippen LogP contribution < -0.4 is 4.74 Å². The smallest absolute Gasteiger partial charge is 0.124 e. The fourth-order valence-corrected chi connectivity index (χ4v) is 2.78. The second-order valence-corrected chi connectivity index (χ2v) is 5.90. The van der Waals surface area contributed by atoms with Crippen molar-refractivity contribution in [3.05, 3.63) is 28.8 Å². The molecular formula is C16H24N2O. The molecule has 0 aliphatic carbocycles. The van der Waals surface area contributed by atoms with Crippen molar-refractivity contribution in [2.45, 2.75) is 33.7 Å². The number of rotatable bonds is 4. The third-order valence-electron chi connectivity index (χ3n) is 3.47.